The molecule has 31 heavy (non-hydrogen) atoms. The summed E-state index contributed by atoms with van der Waals surface area (Å²) in [6, 6.07) is 10.8. The topological polar surface area (TPSA) is 88.5 Å². The molecule has 0 saturated carbocycles. The Morgan fingerprint density at radius 3 is 2.48 bits per heavy atom. The van der Waals surface area contributed by atoms with Crippen molar-refractivity contribution in [3.63, 3.8) is 0 Å². The number of hydrogen-bond donors (Lipinski definition) is 0. The summed E-state index contributed by atoms with van der Waals surface area (Å²) in [5.41, 5.74) is 1.43. The number of rotatable bonds is 5. The molecule has 2 aliphatic rings. The molecule has 2 aromatic rings. The molecule has 1 saturated heterocycles. The molecule has 0 unspecified atom stereocenters. The van der Waals surface area contributed by atoms with Crippen molar-refractivity contribution >= 4 is 46.5 Å². The molecule has 4 rings (SSSR count). The average molecular weight is 442 g/mol. The van der Waals surface area contributed by atoms with Crippen molar-refractivity contribution in [3.8, 4) is 5.75 Å². The van der Waals surface area contributed by atoms with Crippen molar-refractivity contribution < 1.29 is 23.9 Å². The molecule has 2 heterocycles. The average Bonchev–Trinajstić information content (AvgIpc) is 3.28. The molecule has 8 nitrogen and oxygen atoms in total. The lowest BCUT2D eigenvalue weighted by atomic mass is 9.97. The van der Waals surface area contributed by atoms with Crippen LogP contribution in [0.1, 0.15) is 12.5 Å². The van der Waals surface area contributed by atoms with Crippen LogP contribution < -0.4 is 14.6 Å². The maximum atomic E-state index is 13.5. The second-order valence-electron chi connectivity index (χ2n) is 7.07. The highest BCUT2D eigenvalue weighted by atomic mass is 35.5. The van der Waals surface area contributed by atoms with Gasteiger partial charge in [0.05, 0.1) is 25.1 Å². The normalized spacial score (nSPS) is 20.1. The molecule has 1 fully saturated rings. The largest absolute Gasteiger partial charge is 0.497 e. The molecule has 2 aliphatic heterocycles. The summed E-state index contributed by atoms with van der Waals surface area (Å²) in [4.78, 5) is 40.5. The van der Waals surface area contributed by atoms with Gasteiger partial charge >= 0.3 is 5.97 Å². The van der Waals surface area contributed by atoms with Crippen LogP contribution in [-0.2, 0) is 19.1 Å². The minimum absolute atomic E-state index is 0.0943. The zero-order chi connectivity index (χ0) is 22.3. The zero-order valence-corrected chi connectivity index (χ0v) is 17.9. The number of fused-ring (bicyclic) bond motifs is 1. The summed E-state index contributed by atoms with van der Waals surface area (Å²) >= 11 is 6.21. The predicted octanol–water partition coefficient (Wildman–Crippen LogP) is 2.95. The van der Waals surface area contributed by atoms with Crippen molar-refractivity contribution in [2.24, 2.45) is 11.0 Å². The van der Waals surface area contributed by atoms with Crippen LogP contribution >= 0.6 is 11.6 Å². The lowest BCUT2D eigenvalue weighted by molar-refractivity contribution is -0.136. The van der Waals surface area contributed by atoms with Crippen LogP contribution in [0.3, 0.4) is 0 Å². The fraction of sp³-hybridized carbons (Fsp3) is 0.273. The van der Waals surface area contributed by atoms with Crippen LogP contribution in [0.2, 0.25) is 5.02 Å². The Hall–Kier alpha value is -3.39. The molecule has 0 aliphatic carbocycles. The fourth-order valence-electron chi connectivity index (χ4n) is 3.81. The number of carbonyl (C=O) groups excluding carboxylic acids is 3. The van der Waals surface area contributed by atoms with Gasteiger partial charge in [0.2, 0.25) is 5.91 Å². The van der Waals surface area contributed by atoms with E-state index in [0.717, 1.165) is 4.90 Å². The first kappa shape index (κ1) is 20.9. The van der Waals surface area contributed by atoms with E-state index in [0.29, 0.717) is 27.7 Å². The van der Waals surface area contributed by atoms with Gasteiger partial charge in [-0.1, -0.05) is 17.7 Å². The van der Waals surface area contributed by atoms with Crippen LogP contribution in [0.15, 0.2) is 47.6 Å². The monoisotopic (exact) mass is 441 g/mol. The van der Waals surface area contributed by atoms with E-state index in [9.17, 15) is 14.4 Å². The molecule has 160 valence electrons. The summed E-state index contributed by atoms with van der Waals surface area (Å²) in [6.07, 6.45) is 0. The van der Waals surface area contributed by atoms with Gasteiger partial charge in [-0.25, -0.2) is 9.69 Å². The third kappa shape index (κ3) is 3.33. The molecule has 0 radical (unpaired) electrons. The smallest absolute Gasteiger partial charge is 0.355 e. The van der Waals surface area contributed by atoms with Gasteiger partial charge in [0.25, 0.3) is 5.91 Å². The van der Waals surface area contributed by atoms with Crippen molar-refractivity contribution in [2.75, 3.05) is 23.6 Å². The summed E-state index contributed by atoms with van der Waals surface area (Å²) in [6.45, 7) is 3.51. The number of imide groups is 1. The number of nitrogens with zero attached hydrogens (tertiary/aromatic N) is 3. The zero-order valence-electron chi connectivity index (χ0n) is 17.2. The second-order valence-corrected chi connectivity index (χ2v) is 7.47. The van der Waals surface area contributed by atoms with Gasteiger partial charge in [0, 0.05) is 5.02 Å². The molecule has 2 amide bonds. The van der Waals surface area contributed by atoms with E-state index in [-0.39, 0.29) is 12.3 Å². The van der Waals surface area contributed by atoms with Crippen LogP contribution in [0.5, 0.6) is 5.75 Å². The van der Waals surface area contributed by atoms with Gasteiger partial charge in [-0.05, 0) is 55.8 Å². The van der Waals surface area contributed by atoms with E-state index in [4.69, 9.17) is 21.1 Å². The maximum absolute atomic E-state index is 13.5. The number of methoxy groups -OCH3 is 1. The van der Waals surface area contributed by atoms with E-state index in [1.165, 1.54) is 5.01 Å². The minimum atomic E-state index is -1.08. The summed E-state index contributed by atoms with van der Waals surface area (Å²) in [7, 11) is 1.54. The van der Waals surface area contributed by atoms with Crippen LogP contribution in [0.4, 0.5) is 11.4 Å². The Kier molecular flexibility index (Phi) is 5.41. The number of amides is 2. The number of esters is 1. The quantitative estimate of drug-likeness (QED) is 0.523. The summed E-state index contributed by atoms with van der Waals surface area (Å²) in [5.74, 6) is -2.20. The van der Waals surface area contributed by atoms with Crippen LogP contribution in [0.25, 0.3) is 0 Å². The molecular formula is C22H20ClN3O5. The molecule has 0 bridgehead atoms. The number of hydrogen-bond acceptors (Lipinski definition) is 7. The molecule has 0 N–H and O–H groups in total. The number of halogens is 1. The number of carbonyl (C=O) groups is 3. The highest BCUT2D eigenvalue weighted by Gasteiger charge is 2.59. The highest BCUT2D eigenvalue weighted by Crippen LogP contribution is 2.40. The Bertz CT molecular complexity index is 1100. The Morgan fingerprint density at radius 1 is 1.13 bits per heavy atom. The molecule has 0 aromatic heterocycles. The summed E-state index contributed by atoms with van der Waals surface area (Å²) in [5, 5.41) is 6.16. The van der Waals surface area contributed by atoms with Crippen molar-refractivity contribution in [2.45, 2.75) is 19.9 Å². The van der Waals surface area contributed by atoms with Crippen molar-refractivity contribution in [1.29, 1.82) is 0 Å². The highest BCUT2D eigenvalue weighted by molar-refractivity contribution is 6.47. The molecular weight excluding hydrogens is 422 g/mol. The number of hydrazone groups is 1. The van der Waals surface area contributed by atoms with Crippen molar-refractivity contribution in [3.05, 3.63) is 53.1 Å². The van der Waals surface area contributed by atoms with Gasteiger partial charge in [-0.2, -0.15) is 5.10 Å². The van der Waals surface area contributed by atoms with Crippen LogP contribution in [-0.4, -0.2) is 43.3 Å². The Balaban J connectivity index is 1.80. The second kappa shape index (κ2) is 8.03. The Labute approximate surface area is 184 Å². The van der Waals surface area contributed by atoms with E-state index >= 15 is 0 Å². The standard InChI is InChI=1S/C22H20ClN3O5/c1-4-31-22(29)18-17-19(26(24-18)13-8-10-14(30-3)11-9-13)21(28)25(20(17)27)16-7-5-6-15(23)12(16)2/h5-11,17,19H,4H2,1-3H3/t17-,19-/m0/s1. The third-order valence-electron chi connectivity index (χ3n) is 5.35. The number of anilines is 2. The predicted molar refractivity (Wildman–Crippen MR) is 116 cm³/mol. The maximum Gasteiger partial charge on any atom is 0.355 e. The SMILES string of the molecule is CCOC(=O)C1=NN(c2ccc(OC)cc2)[C@@H]2C(=O)N(c3cccc(Cl)c3C)C(=O)[C@@H]12. The summed E-state index contributed by atoms with van der Waals surface area (Å²) < 4.78 is 10.3. The molecule has 2 atom stereocenters. The first-order valence-corrected chi connectivity index (χ1v) is 10.1. The lowest BCUT2D eigenvalue weighted by Gasteiger charge is -2.23. The van der Waals surface area contributed by atoms with E-state index in [2.05, 4.69) is 5.10 Å². The van der Waals surface area contributed by atoms with Gasteiger partial charge < -0.3 is 9.47 Å². The Morgan fingerprint density at radius 2 is 1.84 bits per heavy atom. The third-order valence-corrected chi connectivity index (χ3v) is 5.76. The number of ether oxygens (including phenoxy) is 2. The first-order chi connectivity index (χ1) is 14.9. The van der Waals surface area contributed by atoms with Crippen LogP contribution in [0, 0.1) is 12.8 Å². The molecule has 9 heteroatoms. The molecule has 2 aromatic carbocycles. The van der Waals surface area contributed by atoms with Gasteiger partial charge in [-0.15, -0.1) is 0 Å². The van der Waals surface area contributed by atoms with E-state index in [1.54, 1.807) is 63.4 Å². The fourth-order valence-corrected chi connectivity index (χ4v) is 3.98. The van der Waals surface area contributed by atoms with E-state index in [1.807, 2.05) is 0 Å². The first-order valence-electron chi connectivity index (χ1n) is 9.70. The van der Waals surface area contributed by atoms with Crippen molar-refractivity contribution in [1.82, 2.24) is 0 Å². The minimum Gasteiger partial charge on any atom is -0.497 e. The van der Waals surface area contributed by atoms with Gasteiger partial charge in [0.15, 0.2) is 5.71 Å². The number of benzene rings is 2. The van der Waals surface area contributed by atoms with Gasteiger partial charge in [-0.3, -0.25) is 14.6 Å². The van der Waals surface area contributed by atoms with E-state index < -0.39 is 29.7 Å². The van der Waals surface area contributed by atoms with Gasteiger partial charge in [0.1, 0.15) is 17.7 Å². The lowest BCUT2D eigenvalue weighted by Crippen LogP contribution is -2.39. The molecule has 0 spiro atoms.